The molecule has 96 valence electrons. The second-order valence-corrected chi connectivity index (χ2v) is 5.07. The smallest absolute Gasteiger partial charge is 0.121 e. The summed E-state index contributed by atoms with van der Waals surface area (Å²) in [6, 6.07) is 7.95. The molecule has 0 amide bonds. The predicted octanol–water partition coefficient (Wildman–Crippen LogP) is 2.93. The number of aliphatic hydroxyl groups excluding tert-OH is 1. The number of benzene rings is 1. The minimum Gasteiger partial charge on any atom is -0.382 e. The van der Waals surface area contributed by atoms with Crippen LogP contribution in [0.5, 0.6) is 0 Å². The van der Waals surface area contributed by atoms with Crippen LogP contribution in [0.25, 0.3) is 0 Å². The van der Waals surface area contributed by atoms with Gasteiger partial charge >= 0.3 is 0 Å². The van der Waals surface area contributed by atoms with Crippen LogP contribution in [-0.2, 0) is 7.05 Å². The predicted molar refractivity (Wildman–Crippen MR) is 72.5 cm³/mol. The van der Waals surface area contributed by atoms with Crippen LogP contribution in [-0.4, -0.2) is 14.7 Å². The van der Waals surface area contributed by atoms with E-state index in [1.165, 1.54) is 5.56 Å². The summed E-state index contributed by atoms with van der Waals surface area (Å²) in [6.07, 6.45) is 1.15. The molecule has 0 unspecified atom stereocenters. The van der Waals surface area contributed by atoms with Crippen LogP contribution < -0.4 is 0 Å². The summed E-state index contributed by atoms with van der Waals surface area (Å²) >= 11 is 0. The number of hydrogen-bond acceptors (Lipinski definition) is 2. The zero-order valence-corrected chi connectivity index (χ0v) is 11.4. The molecule has 0 saturated carbocycles. The van der Waals surface area contributed by atoms with Gasteiger partial charge in [0.25, 0.3) is 0 Å². The van der Waals surface area contributed by atoms with Crippen LogP contribution in [0.3, 0.4) is 0 Å². The van der Waals surface area contributed by atoms with Crippen LogP contribution in [0.2, 0.25) is 0 Å². The molecule has 18 heavy (non-hydrogen) atoms. The standard InChI is InChI=1S/C15H20N2O/c1-10(2)15-16-9-13(17(15)4)14(18)12-7-5-11(3)6-8-12/h5-10,14,18H,1-4H3/t14-/m1/s1. The highest BCUT2D eigenvalue weighted by Crippen LogP contribution is 2.24. The Kier molecular flexibility index (Phi) is 3.53. The van der Waals surface area contributed by atoms with E-state index in [0.29, 0.717) is 5.92 Å². The number of rotatable bonds is 3. The molecule has 0 spiro atoms. The first-order valence-corrected chi connectivity index (χ1v) is 6.27. The van der Waals surface area contributed by atoms with Crippen LogP contribution in [0, 0.1) is 6.92 Å². The highest BCUT2D eigenvalue weighted by molar-refractivity contribution is 5.28. The minimum atomic E-state index is -0.615. The first-order valence-electron chi connectivity index (χ1n) is 6.27. The van der Waals surface area contributed by atoms with Gasteiger partial charge in [-0.05, 0) is 12.5 Å². The number of nitrogens with zero attached hydrogens (tertiary/aromatic N) is 2. The average Bonchev–Trinajstić information content (AvgIpc) is 2.71. The van der Waals surface area contributed by atoms with Gasteiger partial charge in [-0.25, -0.2) is 4.98 Å². The summed E-state index contributed by atoms with van der Waals surface area (Å²) < 4.78 is 1.98. The summed E-state index contributed by atoms with van der Waals surface area (Å²) in [5.74, 6) is 1.35. The molecule has 2 rings (SSSR count). The van der Waals surface area contributed by atoms with Gasteiger partial charge in [0.15, 0.2) is 0 Å². The van der Waals surface area contributed by atoms with Crippen molar-refractivity contribution >= 4 is 0 Å². The van der Waals surface area contributed by atoms with Crippen molar-refractivity contribution in [2.45, 2.75) is 32.8 Å². The van der Waals surface area contributed by atoms with E-state index in [9.17, 15) is 5.11 Å². The van der Waals surface area contributed by atoms with E-state index in [0.717, 1.165) is 17.1 Å². The third kappa shape index (κ3) is 2.31. The molecular formula is C15H20N2O. The SMILES string of the molecule is Cc1ccc([C@@H](O)c2cnc(C(C)C)n2C)cc1. The largest absolute Gasteiger partial charge is 0.382 e. The van der Waals surface area contributed by atoms with Gasteiger partial charge in [-0.15, -0.1) is 0 Å². The van der Waals surface area contributed by atoms with Gasteiger partial charge in [0.05, 0.1) is 11.9 Å². The van der Waals surface area contributed by atoms with E-state index in [2.05, 4.69) is 18.8 Å². The van der Waals surface area contributed by atoms with Crippen LogP contribution in [0.4, 0.5) is 0 Å². The number of aliphatic hydroxyl groups is 1. The summed E-state index contributed by atoms with van der Waals surface area (Å²) in [5.41, 5.74) is 2.93. The normalized spacial score (nSPS) is 13.0. The first-order chi connectivity index (χ1) is 8.50. The second kappa shape index (κ2) is 4.94. The fraction of sp³-hybridized carbons (Fsp3) is 0.400. The molecule has 3 heteroatoms. The number of aryl methyl sites for hydroxylation is 1. The molecule has 1 N–H and O–H groups in total. The van der Waals surface area contributed by atoms with Gasteiger partial charge in [0, 0.05) is 13.0 Å². The molecule has 1 atom stereocenters. The van der Waals surface area contributed by atoms with Crippen molar-refractivity contribution < 1.29 is 5.11 Å². The summed E-state index contributed by atoms with van der Waals surface area (Å²) in [4.78, 5) is 4.38. The lowest BCUT2D eigenvalue weighted by Gasteiger charge is -2.14. The highest BCUT2D eigenvalue weighted by atomic mass is 16.3. The lowest BCUT2D eigenvalue weighted by molar-refractivity contribution is 0.211. The first kappa shape index (κ1) is 12.8. The van der Waals surface area contributed by atoms with E-state index in [1.807, 2.05) is 42.8 Å². The van der Waals surface area contributed by atoms with Crippen molar-refractivity contribution in [3.05, 3.63) is 53.1 Å². The molecule has 1 aromatic carbocycles. The van der Waals surface area contributed by atoms with Crippen molar-refractivity contribution in [2.24, 2.45) is 7.05 Å². The van der Waals surface area contributed by atoms with E-state index >= 15 is 0 Å². The molecule has 0 aliphatic carbocycles. The van der Waals surface area contributed by atoms with Crippen LogP contribution in [0.1, 0.15) is 48.5 Å². The van der Waals surface area contributed by atoms with Gasteiger partial charge in [-0.2, -0.15) is 0 Å². The van der Waals surface area contributed by atoms with Crippen molar-refractivity contribution in [3.63, 3.8) is 0 Å². The van der Waals surface area contributed by atoms with Gasteiger partial charge < -0.3 is 9.67 Å². The zero-order valence-electron chi connectivity index (χ0n) is 11.4. The highest BCUT2D eigenvalue weighted by Gasteiger charge is 2.17. The number of aromatic nitrogens is 2. The van der Waals surface area contributed by atoms with E-state index in [4.69, 9.17) is 0 Å². The third-order valence-electron chi connectivity index (χ3n) is 3.25. The second-order valence-electron chi connectivity index (χ2n) is 5.07. The minimum absolute atomic E-state index is 0.356. The Balaban J connectivity index is 2.34. The number of hydrogen-bond donors (Lipinski definition) is 1. The molecule has 0 aliphatic rings. The van der Waals surface area contributed by atoms with Gasteiger partial charge in [-0.1, -0.05) is 43.7 Å². The molecule has 3 nitrogen and oxygen atoms in total. The molecule has 0 saturated heterocycles. The van der Waals surface area contributed by atoms with Crippen molar-refractivity contribution in [2.75, 3.05) is 0 Å². The van der Waals surface area contributed by atoms with Crippen molar-refractivity contribution in [1.82, 2.24) is 9.55 Å². The average molecular weight is 244 g/mol. The fourth-order valence-electron chi connectivity index (χ4n) is 2.15. The number of imidazole rings is 1. The van der Waals surface area contributed by atoms with Gasteiger partial charge in [0.1, 0.15) is 11.9 Å². The van der Waals surface area contributed by atoms with Crippen LogP contribution in [0.15, 0.2) is 30.5 Å². The van der Waals surface area contributed by atoms with E-state index < -0.39 is 6.10 Å². The lowest BCUT2D eigenvalue weighted by atomic mass is 10.1. The van der Waals surface area contributed by atoms with Crippen LogP contribution >= 0.6 is 0 Å². The molecule has 1 aromatic heterocycles. The molecule has 0 radical (unpaired) electrons. The van der Waals surface area contributed by atoms with E-state index in [1.54, 1.807) is 6.20 Å². The Hall–Kier alpha value is -1.61. The molecule has 0 bridgehead atoms. The lowest BCUT2D eigenvalue weighted by Crippen LogP contribution is -2.08. The Morgan fingerprint density at radius 1 is 1.17 bits per heavy atom. The zero-order chi connectivity index (χ0) is 13.3. The van der Waals surface area contributed by atoms with Crippen molar-refractivity contribution in [3.8, 4) is 0 Å². The fourth-order valence-corrected chi connectivity index (χ4v) is 2.15. The summed E-state index contributed by atoms with van der Waals surface area (Å²) in [5, 5.41) is 10.4. The monoisotopic (exact) mass is 244 g/mol. The van der Waals surface area contributed by atoms with E-state index in [-0.39, 0.29) is 0 Å². The maximum Gasteiger partial charge on any atom is 0.121 e. The third-order valence-corrected chi connectivity index (χ3v) is 3.25. The molecule has 2 aromatic rings. The van der Waals surface area contributed by atoms with Gasteiger partial charge in [-0.3, -0.25) is 0 Å². The molecule has 1 heterocycles. The molecular weight excluding hydrogens is 224 g/mol. The van der Waals surface area contributed by atoms with Gasteiger partial charge in [0.2, 0.25) is 0 Å². The quantitative estimate of drug-likeness (QED) is 0.901. The Morgan fingerprint density at radius 2 is 1.78 bits per heavy atom. The van der Waals surface area contributed by atoms with Crippen molar-refractivity contribution in [1.29, 1.82) is 0 Å². The maximum absolute atomic E-state index is 10.4. The summed E-state index contributed by atoms with van der Waals surface area (Å²) in [7, 11) is 1.95. The maximum atomic E-state index is 10.4. The Morgan fingerprint density at radius 3 is 2.28 bits per heavy atom. The molecule has 0 aliphatic heterocycles. The molecule has 0 fully saturated rings. The topological polar surface area (TPSA) is 38.1 Å². The summed E-state index contributed by atoms with van der Waals surface area (Å²) in [6.45, 7) is 6.24. The Bertz CT molecular complexity index is 526. The Labute approximate surface area is 108 Å².